The zero-order valence-electron chi connectivity index (χ0n) is 10.6. The number of carbonyl (C=O) groups is 2. The highest BCUT2D eigenvalue weighted by atomic mass is 19.4. The third-order valence-corrected chi connectivity index (χ3v) is 3.98. The summed E-state index contributed by atoms with van der Waals surface area (Å²) < 4.78 is 42.2. The first-order valence-electron chi connectivity index (χ1n) is 6.26. The Bertz CT molecular complexity index is 382. The molecule has 0 aromatic heterocycles. The molecular formula is C12H16F3NO3. The molecule has 19 heavy (non-hydrogen) atoms. The van der Waals surface area contributed by atoms with E-state index in [0.717, 1.165) is 0 Å². The first-order chi connectivity index (χ1) is 8.81. The second-order valence-electron chi connectivity index (χ2n) is 5.18. The lowest BCUT2D eigenvalue weighted by atomic mass is 9.94. The van der Waals surface area contributed by atoms with Crippen LogP contribution in [0.3, 0.4) is 0 Å². The Kier molecular flexibility index (Phi) is 3.49. The Morgan fingerprint density at radius 3 is 2.11 bits per heavy atom. The van der Waals surface area contributed by atoms with Gasteiger partial charge in [-0.2, -0.15) is 13.2 Å². The summed E-state index contributed by atoms with van der Waals surface area (Å²) in [6.45, 7) is 0.115. The van der Waals surface area contributed by atoms with Crippen LogP contribution in [0.15, 0.2) is 0 Å². The zero-order chi connectivity index (χ0) is 14.3. The van der Waals surface area contributed by atoms with Gasteiger partial charge >= 0.3 is 12.1 Å². The van der Waals surface area contributed by atoms with Gasteiger partial charge in [0.1, 0.15) is 5.41 Å². The lowest BCUT2D eigenvalue weighted by molar-refractivity contribution is -0.187. The van der Waals surface area contributed by atoms with Crippen molar-refractivity contribution in [3.05, 3.63) is 0 Å². The van der Waals surface area contributed by atoms with Crippen LogP contribution >= 0.6 is 0 Å². The van der Waals surface area contributed by atoms with Gasteiger partial charge in [-0.3, -0.25) is 9.59 Å². The summed E-state index contributed by atoms with van der Waals surface area (Å²) in [6, 6.07) is 0. The highest BCUT2D eigenvalue weighted by Crippen LogP contribution is 2.49. The minimum Gasteiger partial charge on any atom is -0.468 e. The molecular weight excluding hydrogens is 263 g/mol. The number of esters is 1. The summed E-state index contributed by atoms with van der Waals surface area (Å²) in [5, 5.41) is 0. The molecule has 2 fully saturated rings. The van der Waals surface area contributed by atoms with E-state index in [1.807, 2.05) is 0 Å². The maximum atomic E-state index is 12.5. The van der Waals surface area contributed by atoms with Crippen molar-refractivity contribution in [2.24, 2.45) is 11.3 Å². The molecule has 0 unspecified atom stereocenters. The molecule has 4 nitrogen and oxygen atoms in total. The third kappa shape index (κ3) is 2.55. The molecule has 1 heterocycles. The van der Waals surface area contributed by atoms with Gasteiger partial charge in [0.05, 0.1) is 13.0 Å². The van der Waals surface area contributed by atoms with Gasteiger partial charge in [-0.05, 0) is 25.7 Å². The molecule has 0 aromatic rings. The molecule has 0 aromatic carbocycles. The molecule has 1 aliphatic carbocycles. The van der Waals surface area contributed by atoms with Crippen LogP contribution in [-0.2, 0) is 14.3 Å². The largest absolute Gasteiger partial charge is 0.468 e. The Labute approximate surface area is 108 Å². The van der Waals surface area contributed by atoms with E-state index in [1.54, 1.807) is 0 Å². The van der Waals surface area contributed by atoms with Gasteiger partial charge in [0, 0.05) is 13.1 Å². The Hall–Kier alpha value is -1.27. The number of hydrogen-bond acceptors (Lipinski definition) is 3. The highest BCUT2D eigenvalue weighted by Gasteiger charge is 2.59. The van der Waals surface area contributed by atoms with E-state index in [2.05, 4.69) is 4.74 Å². The molecule has 1 amide bonds. The number of carbonyl (C=O) groups excluding carboxylic acids is 2. The summed E-state index contributed by atoms with van der Waals surface area (Å²) in [4.78, 5) is 25.1. The maximum Gasteiger partial charge on any atom is 0.391 e. The number of halogens is 3. The van der Waals surface area contributed by atoms with Crippen LogP contribution in [0.5, 0.6) is 0 Å². The quantitative estimate of drug-likeness (QED) is 0.571. The van der Waals surface area contributed by atoms with Crippen LogP contribution in [0.1, 0.15) is 25.7 Å². The van der Waals surface area contributed by atoms with Gasteiger partial charge in [-0.1, -0.05) is 0 Å². The van der Waals surface area contributed by atoms with Gasteiger partial charge in [0.15, 0.2) is 0 Å². The summed E-state index contributed by atoms with van der Waals surface area (Å²) in [7, 11) is 1.21. The van der Waals surface area contributed by atoms with E-state index in [1.165, 1.54) is 12.0 Å². The summed E-state index contributed by atoms with van der Waals surface area (Å²) in [5.41, 5.74) is -1.11. The van der Waals surface area contributed by atoms with Crippen LogP contribution in [0, 0.1) is 11.3 Å². The highest BCUT2D eigenvalue weighted by molar-refractivity contribution is 6.05. The van der Waals surface area contributed by atoms with Gasteiger partial charge in [0.2, 0.25) is 5.91 Å². The van der Waals surface area contributed by atoms with E-state index in [4.69, 9.17) is 0 Å². The molecule has 0 spiro atoms. The van der Waals surface area contributed by atoms with Crippen LogP contribution in [-0.4, -0.2) is 43.2 Å². The number of ether oxygens (including phenoxy) is 1. The Balaban J connectivity index is 1.95. The van der Waals surface area contributed by atoms with Crippen molar-refractivity contribution in [2.45, 2.75) is 31.9 Å². The third-order valence-electron chi connectivity index (χ3n) is 3.98. The molecule has 0 bridgehead atoms. The molecule has 2 rings (SSSR count). The number of hydrogen-bond donors (Lipinski definition) is 0. The number of alkyl halides is 3. The van der Waals surface area contributed by atoms with Gasteiger partial charge < -0.3 is 9.64 Å². The smallest absolute Gasteiger partial charge is 0.391 e. The minimum absolute atomic E-state index is 0.0573. The number of piperidine rings is 1. The molecule has 7 heteroatoms. The second kappa shape index (κ2) is 4.68. The summed E-state index contributed by atoms with van der Waals surface area (Å²) in [5.74, 6) is -2.29. The van der Waals surface area contributed by atoms with Gasteiger partial charge in [0.25, 0.3) is 0 Å². The molecule has 1 saturated heterocycles. The van der Waals surface area contributed by atoms with Crippen LogP contribution < -0.4 is 0 Å². The molecule has 0 atom stereocenters. The lowest BCUT2D eigenvalue weighted by Gasteiger charge is -2.34. The fraction of sp³-hybridized carbons (Fsp3) is 0.833. The SMILES string of the molecule is COC(=O)C1(C(=O)N2CCC(C(F)(F)F)CC2)CC1. The van der Waals surface area contributed by atoms with Crippen molar-refractivity contribution >= 4 is 11.9 Å². The maximum absolute atomic E-state index is 12.5. The van der Waals surface area contributed by atoms with Gasteiger partial charge in [-0.15, -0.1) is 0 Å². The van der Waals surface area contributed by atoms with Crippen LogP contribution in [0.4, 0.5) is 13.2 Å². The van der Waals surface area contributed by atoms with E-state index >= 15 is 0 Å². The predicted molar refractivity (Wildman–Crippen MR) is 59.0 cm³/mol. The first-order valence-corrected chi connectivity index (χ1v) is 6.26. The lowest BCUT2D eigenvalue weighted by Crippen LogP contribution is -2.47. The van der Waals surface area contributed by atoms with E-state index < -0.39 is 23.5 Å². The average Bonchev–Trinajstić information content (AvgIpc) is 3.17. The van der Waals surface area contributed by atoms with Gasteiger partial charge in [-0.25, -0.2) is 0 Å². The second-order valence-corrected chi connectivity index (χ2v) is 5.18. The molecule has 2 aliphatic rings. The number of nitrogens with zero attached hydrogens (tertiary/aromatic N) is 1. The van der Waals surface area contributed by atoms with Crippen molar-refractivity contribution in [1.29, 1.82) is 0 Å². The number of methoxy groups -OCH3 is 1. The Morgan fingerprint density at radius 1 is 1.21 bits per heavy atom. The Morgan fingerprint density at radius 2 is 1.74 bits per heavy atom. The number of amides is 1. The van der Waals surface area contributed by atoms with E-state index in [0.29, 0.717) is 12.8 Å². The molecule has 1 aliphatic heterocycles. The fourth-order valence-corrected chi connectivity index (χ4v) is 2.54. The standard InChI is InChI=1S/C12H16F3NO3/c1-19-10(18)11(4-5-11)9(17)16-6-2-8(3-7-16)12(13,14)15/h8H,2-7H2,1H3. The minimum atomic E-state index is -4.20. The van der Waals surface area contributed by atoms with Crippen LogP contribution in [0.2, 0.25) is 0 Å². The summed E-state index contributed by atoms with van der Waals surface area (Å²) >= 11 is 0. The van der Waals surface area contributed by atoms with E-state index in [-0.39, 0.29) is 31.8 Å². The monoisotopic (exact) mass is 279 g/mol. The summed E-state index contributed by atoms with van der Waals surface area (Å²) in [6.07, 6.45) is -3.52. The number of rotatable bonds is 2. The molecule has 0 radical (unpaired) electrons. The van der Waals surface area contributed by atoms with Crippen LogP contribution in [0.25, 0.3) is 0 Å². The first kappa shape index (κ1) is 14.1. The van der Waals surface area contributed by atoms with Crippen molar-refractivity contribution in [3.8, 4) is 0 Å². The van der Waals surface area contributed by atoms with Crippen molar-refractivity contribution in [1.82, 2.24) is 4.90 Å². The van der Waals surface area contributed by atoms with Crippen molar-refractivity contribution in [3.63, 3.8) is 0 Å². The topological polar surface area (TPSA) is 46.6 Å². The molecule has 1 saturated carbocycles. The normalized spacial score (nSPS) is 23.1. The van der Waals surface area contributed by atoms with Crippen molar-refractivity contribution < 1.29 is 27.5 Å². The zero-order valence-corrected chi connectivity index (χ0v) is 10.6. The van der Waals surface area contributed by atoms with E-state index in [9.17, 15) is 22.8 Å². The van der Waals surface area contributed by atoms with Crippen molar-refractivity contribution in [2.75, 3.05) is 20.2 Å². The average molecular weight is 279 g/mol. The number of likely N-dealkylation sites (tertiary alicyclic amines) is 1. The predicted octanol–water partition coefficient (Wildman–Crippen LogP) is 1.74. The fourth-order valence-electron chi connectivity index (χ4n) is 2.54. The molecule has 108 valence electrons. The molecule has 0 N–H and O–H groups in total.